The Morgan fingerprint density at radius 1 is 1.47 bits per heavy atom. The first-order valence-corrected chi connectivity index (χ1v) is 7.82. The van der Waals surface area contributed by atoms with E-state index in [1.54, 1.807) is 0 Å². The van der Waals surface area contributed by atoms with Crippen LogP contribution in [0.25, 0.3) is 0 Å². The van der Waals surface area contributed by atoms with E-state index in [1.807, 2.05) is 6.07 Å². The highest BCUT2D eigenvalue weighted by Gasteiger charge is 2.34. The van der Waals surface area contributed by atoms with Crippen LogP contribution in [0.4, 0.5) is 0 Å². The topological polar surface area (TPSA) is 38.5 Å². The van der Waals surface area contributed by atoms with E-state index in [0.717, 1.165) is 35.7 Å². The van der Waals surface area contributed by atoms with Gasteiger partial charge in [-0.25, -0.2) is 0 Å². The van der Waals surface area contributed by atoms with Crippen LogP contribution in [0.3, 0.4) is 0 Å². The maximum atomic E-state index is 6.02. The maximum absolute atomic E-state index is 6.02. The number of benzene rings is 1. The van der Waals surface area contributed by atoms with Crippen LogP contribution in [0.5, 0.6) is 5.75 Å². The molecule has 1 aromatic rings. The number of halogens is 1. The Hall–Kier alpha value is -0.580. The van der Waals surface area contributed by atoms with Crippen LogP contribution in [0.1, 0.15) is 18.4 Å². The average Bonchev–Trinajstić information content (AvgIpc) is 3.11. The molecule has 2 atom stereocenters. The van der Waals surface area contributed by atoms with Gasteiger partial charge in [0.1, 0.15) is 11.9 Å². The van der Waals surface area contributed by atoms with Crippen molar-refractivity contribution in [1.82, 2.24) is 4.90 Å². The third-order valence-electron chi connectivity index (χ3n) is 4.23. The molecule has 1 heterocycles. The van der Waals surface area contributed by atoms with Gasteiger partial charge in [0.05, 0.1) is 0 Å². The lowest BCUT2D eigenvalue weighted by Gasteiger charge is -2.29. The van der Waals surface area contributed by atoms with Crippen LogP contribution in [-0.2, 0) is 6.42 Å². The normalized spacial score (nSPS) is 23.3. The Morgan fingerprint density at radius 2 is 2.26 bits per heavy atom. The van der Waals surface area contributed by atoms with E-state index in [9.17, 15) is 0 Å². The summed E-state index contributed by atoms with van der Waals surface area (Å²) < 4.78 is 7.15. The van der Waals surface area contributed by atoms with Crippen molar-refractivity contribution in [3.05, 3.63) is 28.2 Å². The number of nitrogens with two attached hydrogens (primary N) is 1. The molecule has 1 aliphatic carbocycles. The molecular formula is C15H21BrN2O. The molecule has 0 bridgehead atoms. The highest BCUT2D eigenvalue weighted by molar-refractivity contribution is 9.10. The molecule has 104 valence electrons. The number of rotatable bonds is 5. The van der Waals surface area contributed by atoms with Gasteiger partial charge in [-0.2, -0.15) is 0 Å². The first kappa shape index (κ1) is 13.4. The van der Waals surface area contributed by atoms with Gasteiger partial charge in [-0.3, -0.25) is 4.90 Å². The summed E-state index contributed by atoms with van der Waals surface area (Å²) in [5.74, 6) is 1.85. The second-order valence-electron chi connectivity index (χ2n) is 5.78. The van der Waals surface area contributed by atoms with Crippen LogP contribution in [0.15, 0.2) is 22.7 Å². The fourth-order valence-corrected chi connectivity index (χ4v) is 3.47. The molecule has 1 aliphatic heterocycles. The van der Waals surface area contributed by atoms with Crippen molar-refractivity contribution in [2.24, 2.45) is 11.7 Å². The van der Waals surface area contributed by atoms with Crippen LogP contribution in [0.2, 0.25) is 0 Å². The lowest BCUT2D eigenvalue weighted by Crippen LogP contribution is -2.44. The number of hydrogen-bond donors (Lipinski definition) is 1. The summed E-state index contributed by atoms with van der Waals surface area (Å²) in [7, 11) is 2.18. The second-order valence-corrected chi connectivity index (χ2v) is 6.69. The molecule has 1 saturated carbocycles. The number of fused-ring (bicyclic) bond motifs is 1. The van der Waals surface area contributed by atoms with Crippen molar-refractivity contribution >= 4 is 15.9 Å². The molecule has 2 aliphatic rings. The number of ether oxygens (including phenoxy) is 1. The summed E-state index contributed by atoms with van der Waals surface area (Å²) in [6.45, 7) is 1.72. The van der Waals surface area contributed by atoms with Crippen molar-refractivity contribution in [2.75, 3.05) is 20.1 Å². The van der Waals surface area contributed by atoms with Gasteiger partial charge in [-0.15, -0.1) is 0 Å². The first-order chi connectivity index (χ1) is 9.17. The molecule has 0 saturated heterocycles. The Morgan fingerprint density at radius 3 is 2.95 bits per heavy atom. The van der Waals surface area contributed by atoms with Crippen LogP contribution >= 0.6 is 15.9 Å². The summed E-state index contributed by atoms with van der Waals surface area (Å²) in [6.07, 6.45) is 3.94. The van der Waals surface area contributed by atoms with Gasteiger partial charge in [0.15, 0.2) is 0 Å². The third-order valence-corrected chi connectivity index (χ3v) is 4.72. The van der Waals surface area contributed by atoms with Gasteiger partial charge < -0.3 is 10.5 Å². The van der Waals surface area contributed by atoms with Gasteiger partial charge in [-0.05, 0) is 49.6 Å². The van der Waals surface area contributed by atoms with E-state index in [0.29, 0.717) is 6.04 Å². The molecular weight excluding hydrogens is 304 g/mol. The van der Waals surface area contributed by atoms with E-state index < -0.39 is 0 Å². The summed E-state index contributed by atoms with van der Waals surface area (Å²) in [5.41, 5.74) is 7.21. The molecule has 3 nitrogen and oxygen atoms in total. The Kier molecular flexibility index (Phi) is 3.83. The minimum Gasteiger partial charge on any atom is -0.488 e. The summed E-state index contributed by atoms with van der Waals surface area (Å²) in [5, 5.41) is 0. The third kappa shape index (κ3) is 2.96. The smallest absolute Gasteiger partial charge is 0.123 e. The molecule has 0 amide bonds. The molecule has 4 heteroatoms. The van der Waals surface area contributed by atoms with E-state index >= 15 is 0 Å². The predicted octanol–water partition coefficient (Wildman–Crippen LogP) is 2.42. The number of likely N-dealkylation sites (N-methyl/N-ethyl adjacent to an activating group) is 1. The molecule has 0 spiro atoms. The molecule has 1 aromatic carbocycles. The highest BCUT2D eigenvalue weighted by atomic mass is 79.9. The van der Waals surface area contributed by atoms with Gasteiger partial charge in [0.25, 0.3) is 0 Å². The summed E-state index contributed by atoms with van der Waals surface area (Å²) in [6, 6.07) is 6.79. The van der Waals surface area contributed by atoms with E-state index in [-0.39, 0.29) is 6.10 Å². The molecule has 19 heavy (non-hydrogen) atoms. The Labute approximate surface area is 123 Å². The van der Waals surface area contributed by atoms with Crippen molar-refractivity contribution in [1.29, 1.82) is 0 Å². The standard InChI is InChI=1S/C15H21BrN2O/c1-18(14(8-17)10-2-3-10)9-13-7-11-6-12(16)4-5-15(11)19-13/h4-6,10,13-14H,2-3,7-9,17H2,1H3. The number of nitrogens with zero attached hydrogens (tertiary/aromatic N) is 1. The summed E-state index contributed by atoms with van der Waals surface area (Å²) in [4.78, 5) is 2.39. The SMILES string of the molecule is CN(CC1Cc2cc(Br)ccc2O1)C(CN)C1CC1. The lowest BCUT2D eigenvalue weighted by atomic mass is 10.1. The zero-order valence-electron chi connectivity index (χ0n) is 11.3. The second kappa shape index (κ2) is 5.43. The number of hydrogen-bond acceptors (Lipinski definition) is 3. The van der Waals surface area contributed by atoms with Crippen molar-refractivity contribution in [2.45, 2.75) is 31.4 Å². The van der Waals surface area contributed by atoms with Gasteiger partial charge >= 0.3 is 0 Å². The Bertz CT molecular complexity index is 461. The lowest BCUT2D eigenvalue weighted by molar-refractivity contribution is 0.132. The first-order valence-electron chi connectivity index (χ1n) is 7.02. The fourth-order valence-electron chi connectivity index (χ4n) is 3.06. The molecule has 0 radical (unpaired) electrons. The van der Waals surface area contributed by atoms with E-state index in [4.69, 9.17) is 10.5 Å². The largest absolute Gasteiger partial charge is 0.488 e. The average molecular weight is 325 g/mol. The minimum atomic E-state index is 0.266. The van der Waals surface area contributed by atoms with Gasteiger partial charge in [0.2, 0.25) is 0 Å². The zero-order valence-corrected chi connectivity index (χ0v) is 12.9. The monoisotopic (exact) mass is 324 g/mol. The summed E-state index contributed by atoms with van der Waals surface area (Å²) >= 11 is 3.51. The van der Waals surface area contributed by atoms with Gasteiger partial charge in [-0.1, -0.05) is 15.9 Å². The molecule has 2 unspecified atom stereocenters. The van der Waals surface area contributed by atoms with Crippen molar-refractivity contribution in [3.63, 3.8) is 0 Å². The minimum absolute atomic E-state index is 0.266. The van der Waals surface area contributed by atoms with Crippen LogP contribution < -0.4 is 10.5 Å². The molecule has 2 N–H and O–H groups in total. The quantitative estimate of drug-likeness (QED) is 0.904. The highest BCUT2D eigenvalue weighted by Crippen LogP contribution is 2.36. The predicted molar refractivity (Wildman–Crippen MR) is 80.5 cm³/mol. The molecule has 3 rings (SSSR count). The maximum Gasteiger partial charge on any atom is 0.123 e. The molecule has 0 aromatic heterocycles. The van der Waals surface area contributed by atoms with Crippen LogP contribution in [0, 0.1) is 5.92 Å². The molecule has 1 fully saturated rings. The van der Waals surface area contributed by atoms with Gasteiger partial charge in [0, 0.05) is 30.0 Å². The van der Waals surface area contributed by atoms with Crippen molar-refractivity contribution in [3.8, 4) is 5.75 Å². The van der Waals surface area contributed by atoms with E-state index in [1.165, 1.54) is 18.4 Å². The van der Waals surface area contributed by atoms with Crippen LogP contribution in [-0.4, -0.2) is 37.2 Å². The van der Waals surface area contributed by atoms with E-state index in [2.05, 4.69) is 40.0 Å². The van der Waals surface area contributed by atoms with Crippen molar-refractivity contribution < 1.29 is 4.74 Å². The zero-order chi connectivity index (χ0) is 13.4. The fraction of sp³-hybridized carbons (Fsp3) is 0.600. The Balaban J connectivity index is 1.60.